The third-order valence-corrected chi connectivity index (χ3v) is 3.47. The zero-order valence-electron chi connectivity index (χ0n) is 11.9. The standard InChI is InChI=1S/C14H26F3NO/c1-3-10-18-12(6-5-9-14(15,16)17)13(19-4-2)11-7-8-11/h11-13,18H,3-10H2,1-2H3. The van der Waals surface area contributed by atoms with Crippen LogP contribution in [0.4, 0.5) is 13.2 Å². The van der Waals surface area contributed by atoms with Crippen molar-refractivity contribution < 1.29 is 17.9 Å². The lowest BCUT2D eigenvalue weighted by molar-refractivity contribution is -0.136. The largest absolute Gasteiger partial charge is 0.389 e. The van der Waals surface area contributed by atoms with Crippen LogP contribution < -0.4 is 5.32 Å². The van der Waals surface area contributed by atoms with Crippen molar-refractivity contribution in [2.75, 3.05) is 13.2 Å². The second kappa shape index (κ2) is 8.10. The zero-order chi connectivity index (χ0) is 14.3. The van der Waals surface area contributed by atoms with Crippen molar-refractivity contribution in [3.8, 4) is 0 Å². The molecule has 1 N–H and O–H groups in total. The summed E-state index contributed by atoms with van der Waals surface area (Å²) in [5.74, 6) is 0.542. The van der Waals surface area contributed by atoms with E-state index in [4.69, 9.17) is 4.74 Å². The van der Waals surface area contributed by atoms with E-state index in [2.05, 4.69) is 12.2 Å². The van der Waals surface area contributed by atoms with E-state index in [1.807, 2.05) is 6.92 Å². The number of hydrogen-bond acceptors (Lipinski definition) is 2. The van der Waals surface area contributed by atoms with Gasteiger partial charge < -0.3 is 10.1 Å². The molecule has 0 aliphatic heterocycles. The molecule has 0 heterocycles. The summed E-state index contributed by atoms with van der Waals surface area (Å²) in [5.41, 5.74) is 0. The molecule has 1 saturated carbocycles. The van der Waals surface area contributed by atoms with Crippen molar-refractivity contribution >= 4 is 0 Å². The van der Waals surface area contributed by atoms with E-state index >= 15 is 0 Å². The van der Waals surface area contributed by atoms with Crippen molar-refractivity contribution in [3.63, 3.8) is 0 Å². The Labute approximate surface area is 114 Å². The molecular formula is C14H26F3NO. The Balaban J connectivity index is 2.44. The molecule has 2 unspecified atom stereocenters. The maximum Gasteiger partial charge on any atom is 0.389 e. The molecule has 0 saturated heterocycles. The first-order valence-electron chi connectivity index (χ1n) is 7.39. The Bertz CT molecular complexity index is 241. The van der Waals surface area contributed by atoms with Crippen LogP contribution in [0.5, 0.6) is 0 Å². The predicted molar refractivity (Wildman–Crippen MR) is 70.1 cm³/mol. The molecule has 1 aliphatic carbocycles. The first-order valence-corrected chi connectivity index (χ1v) is 7.39. The van der Waals surface area contributed by atoms with Gasteiger partial charge in [-0.3, -0.25) is 0 Å². The average molecular weight is 281 g/mol. The van der Waals surface area contributed by atoms with Gasteiger partial charge in [-0.25, -0.2) is 0 Å². The van der Waals surface area contributed by atoms with Gasteiger partial charge in [0.05, 0.1) is 6.10 Å². The van der Waals surface area contributed by atoms with E-state index in [-0.39, 0.29) is 18.6 Å². The summed E-state index contributed by atoms with van der Waals surface area (Å²) in [6.07, 6.45) is -0.648. The van der Waals surface area contributed by atoms with Gasteiger partial charge in [0.1, 0.15) is 0 Å². The van der Waals surface area contributed by atoms with Crippen LogP contribution in [0.1, 0.15) is 52.4 Å². The highest BCUT2D eigenvalue weighted by Gasteiger charge is 2.37. The lowest BCUT2D eigenvalue weighted by Crippen LogP contribution is -2.43. The topological polar surface area (TPSA) is 21.3 Å². The molecule has 1 fully saturated rings. The van der Waals surface area contributed by atoms with Crippen molar-refractivity contribution in [1.82, 2.24) is 5.32 Å². The molecule has 1 rings (SSSR count). The fourth-order valence-corrected chi connectivity index (χ4v) is 2.43. The van der Waals surface area contributed by atoms with Gasteiger partial charge in [0.15, 0.2) is 0 Å². The Morgan fingerprint density at radius 2 is 1.95 bits per heavy atom. The zero-order valence-corrected chi connectivity index (χ0v) is 11.9. The van der Waals surface area contributed by atoms with Crippen LogP contribution in [0.2, 0.25) is 0 Å². The van der Waals surface area contributed by atoms with Crippen LogP contribution in [-0.4, -0.2) is 31.5 Å². The minimum absolute atomic E-state index is 0.0646. The lowest BCUT2D eigenvalue weighted by atomic mass is 10.00. The van der Waals surface area contributed by atoms with Crippen LogP contribution in [0, 0.1) is 5.92 Å². The number of hydrogen-bond donors (Lipinski definition) is 1. The van der Waals surface area contributed by atoms with Crippen LogP contribution in [0.3, 0.4) is 0 Å². The maximum absolute atomic E-state index is 12.2. The van der Waals surface area contributed by atoms with Crippen LogP contribution in [0.25, 0.3) is 0 Å². The highest BCUT2D eigenvalue weighted by Crippen LogP contribution is 2.37. The lowest BCUT2D eigenvalue weighted by Gasteiger charge is -2.28. The molecule has 0 aromatic rings. The summed E-state index contributed by atoms with van der Waals surface area (Å²) >= 11 is 0. The van der Waals surface area contributed by atoms with Crippen LogP contribution >= 0.6 is 0 Å². The van der Waals surface area contributed by atoms with Crippen molar-refractivity contribution in [2.45, 2.75) is 70.7 Å². The summed E-state index contributed by atoms with van der Waals surface area (Å²) in [6.45, 7) is 5.48. The second-order valence-electron chi connectivity index (χ2n) is 5.33. The molecule has 114 valence electrons. The minimum atomic E-state index is -4.05. The first kappa shape index (κ1) is 16.8. The molecule has 0 amide bonds. The molecule has 0 bridgehead atoms. The van der Waals surface area contributed by atoms with Gasteiger partial charge in [-0.1, -0.05) is 6.92 Å². The highest BCUT2D eigenvalue weighted by atomic mass is 19.4. The number of rotatable bonds is 10. The third kappa shape index (κ3) is 7.16. The number of ether oxygens (including phenoxy) is 1. The summed E-state index contributed by atoms with van der Waals surface area (Å²) in [5, 5.41) is 3.37. The van der Waals surface area contributed by atoms with Gasteiger partial charge in [0.2, 0.25) is 0 Å². The van der Waals surface area contributed by atoms with E-state index in [1.54, 1.807) is 0 Å². The van der Waals surface area contributed by atoms with Gasteiger partial charge in [-0.15, -0.1) is 0 Å². The van der Waals surface area contributed by atoms with Crippen molar-refractivity contribution in [1.29, 1.82) is 0 Å². The third-order valence-electron chi connectivity index (χ3n) is 3.47. The molecule has 0 spiro atoms. The molecule has 0 radical (unpaired) electrons. The predicted octanol–water partition coefficient (Wildman–Crippen LogP) is 3.90. The molecule has 2 nitrogen and oxygen atoms in total. The monoisotopic (exact) mass is 281 g/mol. The molecular weight excluding hydrogens is 255 g/mol. The Morgan fingerprint density at radius 3 is 2.42 bits per heavy atom. The molecule has 19 heavy (non-hydrogen) atoms. The minimum Gasteiger partial charge on any atom is -0.377 e. The first-order chi connectivity index (χ1) is 8.98. The highest BCUT2D eigenvalue weighted by molar-refractivity contribution is 4.90. The fourth-order valence-electron chi connectivity index (χ4n) is 2.43. The smallest absolute Gasteiger partial charge is 0.377 e. The normalized spacial score (nSPS) is 19.4. The second-order valence-corrected chi connectivity index (χ2v) is 5.33. The van der Waals surface area contributed by atoms with E-state index in [1.165, 1.54) is 0 Å². The van der Waals surface area contributed by atoms with E-state index in [9.17, 15) is 13.2 Å². The number of halogens is 3. The van der Waals surface area contributed by atoms with Crippen molar-refractivity contribution in [2.24, 2.45) is 5.92 Å². The average Bonchev–Trinajstić information content (AvgIpc) is 3.13. The molecule has 0 aromatic heterocycles. The summed E-state index contributed by atoms with van der Waals surface area (Å²) in [6, 6.07) is 0.0646. The van der Waals surface area contributed by atoms with E-state index < -0.39 is 12.6 Å². The fraction of sp³-hybridized carbons (Fsp3) is 1.00. The van der Waals surface area contributed by atoms with E-state index in [0.29, 0.717) is 18.9 Å². The number of nitrogens with one attached hydrogen (secondary N) is 1. The van der Waals surface area contributed by atoms with Gasteiger partial charge >= 0.3 is 6.18 Å². The summed E-state index contributed by atoms with van der Waals surface area (Å²) in [7, 11) is 0. The Kier molecular flexibility index (Phi) is 7.15. The summed E-state index contributed by atoms with van der Waals surface area (Å²) in [4.78, 5) is 0. The van der Waals surface area contributed by atoms with Gasteiger partial charge in [-0.05, 0) is 51.5 Å². The quantitative estimate of drug-likeness (QED) is 0.655. The molecule has 5 heteroatoms. The SMILES string of the molecule is CCCNC(CCCC(F)(F)F)C(OCC)C1CC1. The van der Waals surface area contributed by atoms with Crippen molar-refractivity contribution in [3.05, 3.63) is 0 Å². The Morgan fingerprint density at radius 1 is 1.26 bits per heavy atom. The van der Waals surface area contributed by atoms with E-state index in [0.717, 1.165) is 25.8 Å². The molecule has 0 aromatic carbocycles. The summed E-state index contributed by atoms with van der Waals surface area (Å²) < 4.78 is 42.4. The van der Waals surface area contributed by atoms with Gasteiger partial charge in [0.25, 0.3) is 0 Å². The van der Waals surface area contributed by atoms with Gasteiger partial charge in [0, 0.05) is 19.1 Å². The Hall–Kier alpha value is -0.290. The molecule has 1 aliphatic rings. The van der Waals surface area contributed by atoms with Crippen LogP contribution in [-0.2, 0) is 4.74 Å². The molecule has 2 atom stereocenters. The maximum atomic E-state index is 12.2. The van der Waals surface area contributed by atoms with Crippen LogP contribution in [0.15, 0.2) is 0 Å². The number of alkyl halides is 3. The van der Waals surface area contributed by atoms with Gasteiger partial charge in [-0.2, -0.15) is 13.2 Å².